The molecule has 0 atom stereocenters. The van der Waals surface area contributed by atoms with Crippen LogP contribution < -0.4 is 15.4 Å². The second-order valence-electron chi connectivity index (χ2n) is 6.82. The highest BCUT2D eigenvalue weighted by molar-refractivity contribution is 6.11. The van der Waals surface area contributed by atoms with Gasteiger partial charge in [0, 0.05) is 28.5 Å². The molecule has 2 amide bonds. The van der Waals surface area contributed by atoms with Crippen LogP contribution in [0.3, 0.4) is 0 Å². The number of nitrogens with zero attached hydrogens (tertiary/aromatic N) is 1. The molecular formula is C25H21N3O3. The molecule has 1 aromatic heterocycles. The number of hydrogen-bond acceptors (Lipinski definition) is 4. The molecule has 0 aliphatic carbocycles. The lowest BCUT2D eigenvalue weighted by Gasteiger charge is -2.09. The molecule has 0 saturated carbocycles. The third-order valence-corrected chi connectivity index (χ3v) is 4.72. The number of anilines is 2. The Kier molecular flexibility index (Phi) is 5.89. The number of rotatable bonds is 6. The van der Waals surface area contributed by atoms with Crippen LogP contribution in [0.25, 0.3) is 10.8 Å². The van der Waals surface area contributed by atoms with Gasteiger partial charge in [0.1, 0.15) is 11.4 Å². The molecule has 0 unspecified atom stereocenters. The number of pyridine rings is 1. The average molecular weight is 411 g/mol. The molecule has 0 fully saturated rings. The highest BCUT2D eigenvalue weighted by Crippen LogP contribution is 2.19. The minimum absolute atomic E-state index is 0.238. The first-order valence-corrected chi connectivity index (χ1v) is 9.93. The Bertz CT molecular complexity index is 1210. The fraction of sp³-hybridized carbons (Fsp3) is 0.0800. The van der Waals surface area contributed by atoms with Crippen LogP contribution in [0, 0.1) is 0 Å². The Labute approximate surface area is 179 Å². The summed E-state index contributed by atoms with van der Waals surface area (Å²) in [5.74, 6) is 0.211. The van der Waals surface area contributed by atoms with Gasteiger partial charge < -0.3 is 15.4 Å². The highest BCUT2D eigenvalue weighted by atomic mass is 16.5. The van der Waals surface area contributed by atoms with Crippen LogP contribution in [0.1, 0.15) is 27.8 Å². The Morgan fingerprint density at radius 2 is 1.45 bits per heavy atom. The molecule has 0 aliphatic heterocycles. The molecule has 0 radical (unpaired) electrons. The van der Waals surface area contributed by atoms with Gasteiger partial charge in [0.05, 0.1) is 6.61 Å². The van der Waals surface area contributed by atoms with Gasteiger partial charge in [0.25, 0.3) is 11.8 Å². The van der Waals surface area contributed by atoms with Crippen molar-refractivity contribution in [1.29, 1.82) is 0 Å². The lowest BCUT2D eigenvalue weighted by molar-refractivity contribution is 0.101. The van der Waals surface area contributed by atoms with Crippen LogP contribution in [-0.2, 0) is 0 Å². The van der Waals surface area contributed by atoms with Gasteiger partial charge in [-0.2, -0.15) is 0 Å². The van der Waals surface area contributed by atoms with E-state index >= 15 is 0 Å². The molecule has 0 bridgehead atoms. The third-order valence-electron chi connectivity index (χ3n) is 4.72. The predicted molar refractivity (Wildman–Crippen MR) is 122 cm³/mol. The van der Waals surface area contributed by atoms with Crippen LogP contribution in [0.2, 0.25) is 0 Å². The van der Waals surface area contributed by atoms with E-state index < -0.39 is 0 Å². The summed E-state index contributed by atoms with van der Waals surface area (Å²) in [5, 5.41) is 7.41. The first-order chi connectivity index (χ1) is 15.1. The van der Waals surface area contributed by atoms with E-state index in [1.54, 1.807) is 54.7 Å². The highest BCUT2D eigenvalue weighted by Gasteiger charge is 2.12. The fourth-order valence-electron chi connectivity index (χ4n) is 3.20. The van der Waals surface area contributed by atoms with Gasteiger partial charge in [-0.15, -0.1) is 0 Å². The minimum Gasteiger partial charge on any atom is -0.494 e. The number of carbonyl (C=O) groups excluding carboxylic acids is 2. The molecule has 6 nitrogen and oxygen atoms in total. The minimum atomic E-state index is -0.302. The number of ether oxygens (including phenoxy) is 1. The van der Waals surface area contributed by atoms with E-state index in [0.717, 1.165) is 16.5 Å². The van der Waals surface area contributed by atoms with Gasteiger partial charge in [-0.1, -0.05) is 24.3 Å². The number of benzene rings is 3. The number of amides is 2. The van der Waals surface area contributed by atoms with Crippen LogP contribution in [-0.4, -0.2) is 23.4 Å². The fourth-order valence-corrected chi connectivity index (χ4v) is 3.20. The summed E-state index contributed by atoms with van der Waals surface area (Å²) in [5.41, 5.74) is 2.09. The molecule has 1 heterocycles. The van der Waals surface area contributed by atoms with Gasteiger partial charge in [-0.05, 0) is 66.9 Å². The second-order valence-corrected chi connectivity index (χ2v) is 6.82. The van der Waals surface area contributed by atoms with Crippen molar-refractivity contribution in [3.63, 3.8) is 0 Å². The molecule has 0 aliphatic rings. The summed E-state index contributed by atoms with van der Waals surface area (Å²) < 4.78 is 5.40. The standard InChI is InChI=1S/C25H21N3O3/c1-2-31-21-13-11-20(12-14-21)27-24(29)18-7-9-19(10-8-18)28-25(30)23-22-6-4-3-5-17(22)15-16-26-23/h3-16H,2H2,1H3,(H,27,29)(H,28,30). The zero-order valence-corrected chi connectivity index (χ0v) is 17.0. The Balaban J connectivity index is 1.43. The summed E-state index contributed by atoms with van der Waals surface area (Å²) in [4.78, 5) is 29.4. The monoisotopic (exact) mass is 411 g/mol. The van der Waals surface area contributed by atoms with Gasteiger partial charge in [-0.25, -0.2) is 0 Å². The zero-order valence-electron chi connectivity index (χ0n) is 17.0. The molecule has 31 heavy (non-hydrogen) atoms. The number of carbonyl (C=O) groups is 2. The lowest BCUT2D eigenvalue weighted by atomic mass is 10.1. The van der Waals surface area contributed by atoms with Gasteiger partial charge in [-0.3, -0.25) is 14.6 Å². The van der Waals surface area contributed by atoms with Crippen LogP contribution in [0.4, 0.5) is 11.4 Å². The Morgan fingerprint density at radius 1 is 0.806 bits per heavy atom. The number of hydrogen-bond donors (Lipinski definition) is 2. The maximum absolute atomic E-state index is 12.7. The van der Waals surface area contributed by atoms with E-state index in [4.69, 9.17) is 4.74 Å². The smallest absolute Gasteiger partial charge is 0.274 e. The molecule has 0 spiro atoms. The van der Waals surface area contributed by atoms with E-state index in [1.165, 1.54) is 0 Å². The summed E-state index contributed by atoms with van der Waals surface area (Å²) in [6.07, 6.45) is 1.62. The average Bonchev–Trinajstić information content (AvgIpc) is 2.80. The molecule has 4 aromatic rings. The van der Waals surface area contributed by atoms with Crippen molar-refractivity contribution >= 4 is 34.0 Å². The maximum Gasteiger partial charge on any atom is 0.274 e. The normalized spacial score (nSPS) is 10.5. The van der Waals surface area contributed by atoms with Crippen molar-refractivity contribution in [3.05, 3.63) is 96.3 Å². The summed E-state index contributed by atoms with van der Waals surface area (Å²) in [6.45, 7) is 2.51. The first-order valence-electron chi connectivity index (χ1n) is 9.93. The SMILES string of the molecule is CCOc1ccc(NC(=O)c2ccc(NC(=O)c3nccc4ccccc34)cc2)cc1. The van der Waals surface area contributed by atoms with Crippen molar-refractivity contribution in [2.24, 2.45) is 0 Å². The van der Waals surface area contributed by atoms with E-state index in [2.05, 4.69) is 15.6 Å². The van der Waals surface area contributed by atoms with Crippen LogP contribution in [0.5, 0.6) is 5.75 Å². The van der Waals surface area contributed by atoms with E-state index in [0.29, 0.717) is 29.2 Å². The molecule has 3 aromatic carbocycles. The van der Waals surface area contributed by atoms with Crippen molar-refractivity contribution in [1.82, 2.24) is 4.98 Å². The van der Waals surface area contributed by atoms with Gasteiger partial charge in [0.15, 0.2) is 0 Å². The van der Waals surface area contributed by atoms with E-state index in [9.17, 15) is 9.59 Å². The molecule has 2 N–H and O–H groups in total. The van der Waals surface area contributed by atoms with Crippen molar-refractivity contribution in [2.75, 3.05) is 17.2 Å². The van der Waals surface area contributed by atoms with Crippen LogP contribution in [0.15, 0.2) is 85.1 Å². The zero-order chi connectivity index (χ0) is 21.6. The molecular weight excluding hydrogens is 390 g/mol. The topological polar surface area (TPSA) is 80.3 Å². The third kappa shape index (κ3) is 4.70. The second kappa shape index (κ2) is 9.09. The summed E-state index contributed by atoms with van der Waals surface area (Å²) in [6, 6.07) is 23.3. The van der Waals surface area contributed by atoms with Crippen LogP contribution >= 0.6 is 0 Å². The van der Waals surface area contributed by atoms with Gasteiger partial charge >= 0.3 is 0 Å². The Morgan fingerprint density at radius 3 is 2.16 bits per heavy atom. The van der Waals surface area contributed by atoms with Crippen molar-refractivity contribution in [3.8, 4) is 5.75 Å². The predicted octanol–water partition coefficient (Wildman–Crippen LogP) is 5.14. The number of fused-ring (bicyclic) bond motifs is 1. The van der Waals surface area contributed by atoms with Gasteiger partial charge in [0.2, 0.25) is 0 Å². The van der Waals surface area contributed by atoms with Crippen molar-refractivity contribution < 1.29 is 14.3 Å². The summed E-state index contributed by atoms with van der Waals surface area (Å²) in [7, 11) is 0. The maximum atomic E-state index is 12.7. The van der Waals surface area contributed by atoms with E-state index in [1.807, 2.05) is 37.3 Å². The lowest BCUT2D eigenvalue weighted by Crippen LogP contribution is -2.15. The number of nitrogens with one attached hydrogen (secondary N) is 2. The first kappa shape index (κ1) is 20.1. The quantitative estimate of drug-likeness (QED) is 0.460. The molecule has 154 valence electrons. The molecule has 6 heteroatoms. The van der Waals surface area contributed by atoms with E-state index in [-0.39, 0.29) is 11.8 Å². The largest absolute Gasteiger partial charge is 0.494 e. The number of aromatic nitrogens is 1. The Hall–Kier alpha value is -4.19. The summed E-state index contributed by atoms with van der Waals surface area (Å²) >= 11 is 0. The molecule has 0 saturated heterocycles. The molecule has 4 rings (SSSR count). The van der Waals surface area contributed by atoms with Crippen molar-refractivity contribution in [2.45, 2.75) is 6.92 Å².